The van der Waals surface area contributed by atoms with Crippen molar-refractivity contribution in [3.05, 3.63) is 0 Å². The van der Waals surface area contributed by atoms with Crippen molar-refractivity contribution in [3.63, 3.8) is 0 Å². The van der Waals surface area contributed by atoms with Crippen molar-refractivity contribution in [1.29, 1.82) is 0 Å². The van der Waals surface area contributed by atoms with E-state index in [0.29, 0.717) is 6.61 Å². The van der Waals surface area contributed by atoms with Crippen molar-refractivity contribution < 1.29 is 4.74 Å². The minimum atomic E-state index is 0.262. The fourth-order valence-corrected chi connectivity index (χ4v) is 2.61. The number of rotatable bonds is 6. The van der Waals surface area contributed by atoms with Crippen LogP contribution in [0, 0.1) is 5.92 Å². The highest BCUT2D eigenvalue weighted by atomic mass is 32.1. The molecule has 0 aromatic heterocycles. The van der Waals surface area contributed by atoms with E-state index >= 15 is 0 Å². The first kappa shape index (κ1) is 15.7. The maximum atomic E-state index is 5.24. The largest absolute Gasteiger partial charge is 0.383 e. The molecule has 1 rings (SSSR count). The van der Waals surface area contributed by atoms with Gasteiger partial charge in [0.15, 0.2) is 5.11 Å². The molecular weight excluding hydrogens is 246 g/mol. The van der Waals surface area contributed by atoms with Crippen LogP contribution in [-0.4, -0.2) is 56.5 Å². The van der Waals surface area contributed by atoms with Crippen molar-refractivity contribution in [1.82, 2.24) is 15.5 Å². The molecule has 0 radical (unpaired) electrons. The number of likely N-dealkylation sites (tertiary alicyclic amines) is 1. The van der Waals surface area contributed by atoms with E-state index in [1.807, 2.05) is 0 Å². The molecule has 1 atom stereocenters. The Balaban J connectivity index is 2.04. The first-order chi connectivity index (χ1) is 8.61. The SMILES string of the molecule is COCC(C)NC(=S)NCCC1CCN(C)CC1. The van der Waals surface area contributed by atoms with Gasteiger partial charge in [-0.05, 0) is 64.5 Å². The zero-order valence-corrected chi connectivity index (χ0v) is 12.7. The third-order valence-electron chi connectivity index (χ3n) is 3.47. The van der Waals surface area contributed by atoms with E-state index in [0.717, 1.165) is 17.6 Å². The summed E-state index contributed by atoms with van der Waals surface area (Å²) in [5, 5.41) is 7.24. The van der Waals surface area contributed by atoms with Crippen LogP contribution in [0.4, 0.5) is 0 Å². The molecule has 0 bridgehead atoms. The number of piperidine rings is 1. The van der Waals surface area contributed by atoms with Gasteiger partial charge >= 0.3 is 0 Å². The third-order valence-corrected chi connectivity index (χ3v) is 3.73. The number of nitrogens with zero attached hydrogens (tertiary/aromatic N) is 1. The van der Waals surface area contributed by atoms with Gasteiger partial charge < -0.3 is 20.3 Å². The molecule has 18 heavy (non-hydrogen) atoms. The monoisotopic (exact) mass is 273 g/mol. The summed E-state index contributed by atoms with van der Waals surface area (Å²) in [6.07, 6.45) is 3.85. The summed E-state index contributed by atoms with van der Waals surface area (Å²) in [5.41, 5.74) is 0. The van der Waals surface area contributed by atoms with Crippen LogP contribution in [0.1, 0.15) is 26.2 Å². The molecule has 0 aromatic rings. The molecule has 1 aliphatic heterocycles. The second-order valence-corrected chi connectivity index (χ2v) is 5.70. The zero-order chi connectivity index (χ0) is 13.4. The topological polar surface area (TPSA) is 36.5 Å². The molecule has 4 nitrogen and oxygen atoms in total. The lowest BCUT2D eigenvalue weighted by atomic mass is 9.94. The van der Waals surface area contributed by atoms with Gasteiger partial charge in [0.25, 0.3) is 0 Å². The molecule has 0 spiro atoms. The highest BCUT2D eigenvalue weighted by Gasteiger charge is 2.16. The Hall–Kier alpha value is -0.390. The molecule has 1 aliphatic rings. The van der Waals surface area contributed by atoms with E-state index in [1.54, 1.807) is 7.11 Å². The van der Waals surface area contributed by atoms with Crippen molar-refractivity contribution in [3.8, 4) is 0 Å². The Kier molecular flexibility index (Phi) is 7.54. The Labute approximate surface area is 116 Å². The van der Waals surface area contributed by atoms with Crippen LogP contribution in [-0.2, 0) is 4.74 Å². The van der Waals surface area contributed by atoms with Crippen molar-refractivity contribution in [2.75, 3.05) is 40.4 Å². The molecule has 1 unspecified atom stereocenters. The van der Waals surface area contributed by atoms with Gasteiger partial charge in [-0.1, -0.05) is 0 Å². The number of thiocarbonyl (C=S) groups is 1. The Morgan fingerprint density at radius 1 is 1.44 bits per heavy atom. The average molecular weight is 273 g/mol. The van der Waals surface area contributed by atoms with Crippen LogP contribution in [0.25, 0.3) is 0 Å². The number of hydrogen-bond acceptors (Lipinski definition) is 3. The third kappa shape index (κ3) is 6.52. The predicted molar refractivity (Wildman–Crippen MR) is 79.9 cm³/mol. The second-order valence-electron chi connectivity index (χ2n) is 5.29. The smallest absolute Gasteiger partial charge is 0.166 e. The Bertz CT molecular complexity index is 242. The summed E-state index contributed by atoms with van der Waals surface area (Å²) in [6.45, 7) is 6.18. The summed E-state index contributed by atoms with van der Waals surface area (Å²) in [6, 6.07) is 0.262. The molecule has 0 saturated carbocycles. The van der Waals surface area contributed by atoms with Crippen LogP contribution in [0.2, 0.25) is 0 Å². The van der Waals surface area contributed by atoms with E-state index in [1.165, 1.54) is 32.4 Å². The summed E-state index contributed by atoms with van der Waals surface area (Å²) in [4.78, 5) is 2.41. The molecular formula is C13H27N3OS. The number of methoxy groups -OCH3 is 1. The zero-order valence-electron chi connectivity index (χ0n) is 11.9. The summed E-state index contributed by atoms with van der Waals surface area (Å²) in [5.74, 6) is 0.855. The van der Waals surface area contributed by atoms with Crippen LogP contribution in [0.15, 0.2) is 0 Å². The molecule has 1 heterocycles. The fourth-order valence-electron chi connectivity index (χ4n) is 2.31. The molecule has 0 aliphatic carbocycles. The maximum Gasteiger partial charge on any atom is 0.166 e. The quantitative estimate of drug-likeness (QED) is 0.712. The Morgan fingerprint density at radius 3 is 2.72 bits per heavy atom. The fraction of sp³-hybridized carbons (Fsp3) is 0.923. The van der Waals surface area contributed by atoms with Crippen LogP contribution < -0.4 is 10.6 Å². The van der Waals surface area contributed by atoms with Crippen LogP contribution >= 0.6 is 12.2 Å². The van der Waals surface area contributed by atoms with E-state index in [-0.39, 0.29) is 6.04 Å². The van der Waals surface area contributed by atoms with Gasteiger partial charge in [-0.15, -0.1) is 0 Å². The number of ether oxygens (including phenoxy) is 1. The predicted octanol–water partition coefficient (Wildman–Crippen LogP) is 1.22. The molecule has 5 heteroatoms. The molecule has 1 saturated heterocycles. The van der Waals surface area contributed by atoms with Crippen molar-refractivity contribution >= 4 is 17.3 Å². The molecule has 106 valence electrons. The number of nitrogens with one attached hydrogen (secondary N) is 2. The normalized spacial score (nSPS) is 19.5. The molecule has 0 aromatic carbocycles. The van der Waals surface area contributed by atoms with Gasteiger partial charge in [0, 0.05) is 19.7 Å². The van der Waals surface area contributed by atoms with E-state index in [2.05, 4.69) is 29.5 Å². The standard InChI is InChI=1S/C13H27N3OS/c1-11(10-17-3)15-13(18)14-7-4-12-5-8-16(2)9-6-12/h11-12H,4-10H2,1-3H3,(H2,14,15,18). The second kappa shape index (κ2) is 8.67. The lowest BCUT2D eigenvalue weighted by Gasteiger charge is -2.29. The lowest BCUT2D eigenvalue weighted by molar-refractivity contribution is 0.179. The van der Waals surface area contributed by atoms with Gasteiger partial charge in [0.2, 0.25) is 0 Å². The van der Waals surface area contributed by atoms with Crippen LogP contribution in [0.3, 0.4) is 0 Å². The highest BCUT2D eigenvalue weighted by molar-refractivity contribution is 7.80. The first-order valence-corrected chi connectivity index (χ1v) is 7.24. The minimum Gasteiger partial charge on any atom is -0.383 e. The van der Waals surface area contributed by atoms with Gasteiger partial charge in [0.1, 0.15) is 0 Å². The van der Waals surface area contributed by atoms with Crippen LogP contribution in [0.5, 0.6) is 0 Å². The van der Waals surface area contributed by atoms with Gasteiger partial charge in [-0.25, -0.2) is 0 Å². The number of hydrogen-bond donors (Lipinski definition) is 2. The first-order valence-electron chi connectivity index (χ1n) is 6.83. The summed E-state index contributed by atoms with van der Waals surface area (Å²) in [7, 11) is 3.90. The lowest BCUT2D eigenvalue weighted by Crippen LogP contribution is -2.43. The maximum absolute atomic E-state index is 5.24. The molecule has 1 fully saturated rings. The Morgan fingerprint density at radius 2 is 2.11 bits per heavy atom. The van der Waals surface area contributed by atoms with E-state index in [9.17, 15) is 0 Å². The van der Waals surface area contributed by atoms with Gasteiger partial charge in [0.05, 0.1) is 6.61 Å². The minimum absolute atomic E-state index is 0.262. The highest BCUT2D eigenvalue weighted by Crippen LogP contribution is 2.18. The summed E-state index contributed by atoms with van der Waals surface area (Å²) >= 11 is 5.24. The van der Waals surface area contributed by atoms with Crippen molar-refractivity contribution in [2.45, 2.75) is 32.2 Å². The summed E-state index contributed by atoms with van der Waals surface area (Å²) < 4.78 is 5.06. The van der Waals surface area contributed by atoms with E-state index in [4.69, 9.17) is 17.0 Å². The average Bonchev–Trinajstić information content (AvgIpc) is 2.32. The molecule has 2 N–H and O–H groups in total. The van der Waals surface area contributed by atoms with Crippen molar-refractivity contribution in [2.24, 2.45) is 5.92 Å². The van der Waals surface area contributed by atoms with Gasteiger partial charge in [-0.3, -0.25) is 0 Å². The van der Waals surface area contributed by atoms with Gasteiger partial charge in [-0.2, -0.15) is 0 Å². The van der Waals surface area contributed by atoms with E-state index < -0.39 is 0 Å². The molecule has 0 amide bonds.